The highest BCUT2D eigenvalue weighted by Crippen LogP contribution is 2.18. The summed E-state index contributed by atoms with van der Waals surface area (Å²) in [6.07, 6.45) is 3.13. The Hall–Kier alpha value is -2.11. The van der Waals surface area contributed by atoms with Crippen LogP contribution in [0.5, 0.6) is 0 Å². The van der Waals surface area contributed by atoms with Crippen LogP contribution >= 0.6 is 0 Å². The Labute approximate surface area is 98.1 Å². The van der Waals surface area contributed by atoms with Crippen LogP contribution in [-0.4, -0.2) is 28.1 Å². The number of nitrogens with one attached hydrogen (secondary N) is 2. The molecule has 1 aliphatic rings. The number of carboxylic acids is 1. The van der Waals surface area contributed by atoms with E-state index in [4.69, 9.17) is 5.11 Å². The molecule has 1 aliphatic carbocycles. The molecule has 0 atom stereocenters. The van der Waals surface area contributed by atoms with Crippen LogP contribution in [0.25, 0.3) is 0 Å². The summed E-state index contributed by atoms with van der Waals surface area (Å²) < 4.78 is 0. The van der Waals surface area contributed by atoms with Crippen molar-refractivity contribution in [2.75, 3.05) is 5.32 Å². The lowest BCUT2D eigenvalue weighted by atomic mass is 9.93. The zero-order chi connectivity index (χ0) is 12.3. The van der Waals surface area contributed by atoms with E-state index in [-0.39, 0.29) is 23.6 Å². The normalized spacial score (nSPS) is 14.8. The summed E-state index contributed by atoms with van der Waals surface area (Å²) in [5, 5.41) is 14.0. The molecule has 6 nitrogen and oxygen atoms in total. The predicted molar refractivity (Wildman–Crippen MR) is 61.0 cm³/mol. The van der Waals surface area contributed by atoms with Crippen molar-refractivity contribution in [1.29, 1.82) is 0 Å². The zero-order valence-corrected chi connectivity index (χ0v) is 9.14. The molecule has 2 amide bonds. The van der Waals surface area contributed by atoms with Crippen LogP contribution in [-0.2, 0) is 0 Å². The van der Waals surface area contributed by atoms with E-state index in [1.54, 1.807) is 6.07 Å². The summed E-state index contributed by atoms with van der Waals surface area (Å²) in [5.74, 6) is -0.880. The summed E-state index contributed by atoms with van der Waals surface area (Å²) in [5.41, 5.74) is -0.0913. The fourth-order valence-electron chi connectivity index (χ4n) is 1.51. The Morgan fingerprint density at radius 2 is 2.12 bits per heavy atom. The van der Waals surface area contributed by atoms with Gasteiger partial charge >= 0.3 is 12.0 Å². The van der Waals surface area contributed by atoms with E-state index in [2.05, 4.69) is 15.6 Å². The van der Waals surface area contributed by atoms with Gasteiger partial charge in [0.25, 0.3) is 0 Å². The molecule has 17 heavy (non-hydrogen) atoms. The first-order valence-electron chi connectivity index (χ1n) is 5.43. The van der Waals surface area contributed by atoms with Crippen molar-refractivity contribution in [1.82, 2.24) is 10.3 Å². The molecular weight excluding hydrogens is 222 g/mol. The van der Waals surface area contributed by atoms with Crippen molar-refractivity contribution in [3.8, 4) is 0 Å². The van der Waals surface area contributed by atoms with Gasteiger partial charge < -0.3 is 10.4 Å². The lowest BCUT2D eigenvalue weighted by molar-refractivity contribution is 0.0690. The monoisotopic (exact) mass is 235 g/mol. The van der Waals surface area contributed by atoms with Crippen molar-refractivity contribution in [3.63, 3.8) is 0 Å². The molecule has 1 fully saturated rings. The Bertz CT molecular complexity index is 443. The molecule has 0 unspecified atom stereocenters. The van der Waals surface area contributed by atoms with Crippen LogP contribution in [0.15, 0.2) is 18.2 Å². The van der Waals surface area contributed by atoms with E-state index in [0.29, 0.717) is 0 Å². The zero-order valence-electron chi connectivity index (χ0n) is 9.14. The molecule has 0 spiro atoms. The van der Waals surface area contributed by atoms with Crippen LogP contribution in [0.4, 0.5) is 10.6 Å². The minimum atomic E-state index is -1.12. The van der Waals surface area contributed by atoms with E-state index < -0.39 is 5.97 Å². The summed E-state index contributed by atoms with van der Waals surface area (Å²) in [6.45, 7) is 0. The Kier molecular flexibility index (Phi) is 3.22. The van der Waals surface area contributed by atoms with E-state index >= 15 is 0 Å². The quantitative estimate of drug-likeness (QED) is 0.739. The number of hydrogen-bond acceptors (Lipinski definition) is 3. The number of carbonyl (C=O) groups is 2. The first kappa shape index (κ1) is 11.4. The second kappa shape index (κ2) is 4.82. The van der Waals surface area contributed by atoms with Crippen LogP contribution in [0.1, 0.15) is 29.8 Å². The third-order valence-electron chi connectivity index (χ3n) is 2.65. The summed E-state index contributed by atoms with van der Waals surface area (Å²) in [7, 11) is 0. The molecule has 6 heteroatoms. The van der Waals surface area contributed by atoms with Gasteiger partial charge in [0.2, 0.25) is 0 Å². The van der Waals surface area contributed by atoms with Gasteiger partial charge in [0, 0.05) is 6.04 Å². The second-order valence-corrected chi connectivity index (χ2v) is 3.94. The fraction of sp³-hybridized carbons (Fsp3) is 0.364. The number of aromatic carboxylic acids is 1. The van der Waals surface area contributed by atoms with Crippen molar-refractivity contribution in [3.05, 3.63) is 23.9 Å². The summed E-state index contributed by atoms with van der Waals surface area (Å²) in [6, 6.07) is 4.35. The highest BCUT2D eigenvalue weighted by Gasteiger charge is 2.19. The van der Waals surface area contributed by atoms with Crippen LogP contribution in [0, 0.1) is 0 Å². The largest absolute Gasteiger partial charge is 0.477 e. The highest BCUT2D eigenvalue weighted by molar-refractivity contribution is 5.90. The van der Waals surface area contributed by atoms with Gasteiger partial charge in [-0.1, -0.05) is 6.07 Å². The lowest BCUT2D eigenvalue weighted by Crippen LogP contribution is -2.42. The number of amides is 2. The molecule has 3 N–H and O–H groups in total. The number of urea groups is 1. The first-order valence-corrected chi connectivity index (χ1v) is 5.43. The predicted octanol–water partition coefficient (Wildman–Crippen LogP) is 1.45. The van der Waals surface area contributed by atoms with Gasteiger partial charge in [-0.3, -0.25) is 5.32 Å². The van der Waals surface area contributed by atoms with E-state index in [9.17, 15) is 9.59 Å². The lowest BCUT2D eigenvalue weighted by Gasteiger charge is -2.26. The molecule has 0 saturated heterocycles. The first-order chi connectivity index (χ1) is 8.15. The maximum absolute atomic E-state index is 11.5. The number of carbonyl (C=O) groups excluding carboxylic acids is 1. The van der Waals surface area contributed by atoms with Crippen LogP contribution in [0.3, 0.4) is 0 Å². The number of rotatable bonds is 3. The van der Waals surface area contributed by atoms with Crippen molar-refractivity contribution >= 4 is 17.8 Å². The smallest absolute Gasteiger partial charge is 0.354 e. The molecule has 1 aromatic rings. The molecule has 0 aliphatic heterocycles. The molecular formula is C11H13N3O3. The Morgan fingerprint density at radius 3 is 2.71 bits per heavy atom. The average molecular weight is 235 g/mol. The number of pyridine rings is 1. The van der Waals surface area contributed by atoms with E-state index in [0.717, 1.165) is 19.3 Å². The maximum atomic E-state index is 11.5. The maximum Gasteiger partial charge on any atom is 0.354 e. The number of carboxylic acid groups (broad SMARTS) is 1. The third-order valence-corrected chi connectivity index (χ3v) is 2.65. The van der Waals surface area contributed by atoms with E-state index in [1.165, 1.54) is 12.1 Å². The second-order valence-electron chi connectivity index (χ2n) is 3.94. The van der Waals surface area contributed by atoms with Crippen LogP contribution < -0.4 is 10.6 Å². The minimum absolute atomic E-state index is 0.0913. The average Bonchev–Trinajstić information content (AvgIpc) is 2.24. The molecule has 0 bridgehead atoms. The van der Waals surface area contributed by atoms with Gasteiger partial charge in [-0.15, -0.1) is 0 Å². The van der Waals surface area contributed by atoms with Gasteiger partial charge in [-0.05, 0) is 31.4 Å². The van der Waals surface area contributed by atoms with E-state index in [1.807, 2.05) is 0 Å². The third kappa shape index (κ3) is 2.93. The van der Waals surface area contributed by atoms with Gasteiger partial charge in [0.1, 0.15) is 5.82 Å². The summed E-state index contributed by atoms with van der Waals surface area (Å²) >= 11 is 0. The van der Waals surface area contributed by atoms with Crippen LogP contribution in [0.2, 0.25) is 0 Å². The molecule has 2 rings (SSSR count). The number of anilines is 1. The molecule has 1 heterocycles. The van der Waals surface area contributed by atoms with Crippen molar-refractivity contribution in [2.24, 2.45) is 0 Å². The Balaban J connectivity index is 1.95. The van der Waals surface area contributed by atoms with Gasteiger partial charge in [0.05, 0.1) is 0 Å². The van der Waals surface area contributed by atoms with Crippen molar-refractivity contribution < 1.29 is 14.7 Å². The molecule has 1 aromatic heterocycles. The van der Waals surface area contributed by atoms with Gasteiger partial charge in [-0.25, -0.2) is 14.6 Å². The SMILES string of the molecule is O=C(Nc1cccc(C(=O)O)n1)NC1CCC1. The van der Waals surface area contributed by atoms with Gasteiger partial charge in [0.15, 0.2) is 5.69 Å². The number of hydrogen-bond donors (Lipinski definition) is 3. The number of aromatic nitrogens is 1. The molecule has 0 radical (unpaired) electrons. The molecule has 0 aromatic carbocycles. The standard InChI is InChI=1S/C11H13N3O3/c15-10(16)8-5-2-6-9(13-8)14-11(17)12-7-3-1-4-7/h2,5-7H,1,3-4H2,(H,15,16)(H2,12,13,14,17). The minimum Gasteiger partial charge on any atom is -0.477 e. The van der Waals surface area contributed by atoms with Crippen molar-refractivity contribution in [2.45, 2.75) is 25.3 Å². The fourth-order valence-corrected chi connectivity index (χ4v) is 1.51. The molecule has 90 valence electrons. The molecule has 1 saturated carbocycles. The number of nitrogens with zero attached hydrogens (tertiary/aromatic N) is 1. The highest BCUT2D eigenvalue weighted by atomic mass is 16.4. The Morgan fingerprint density at radius 1 is 1.35 bits per heavy atom. The topological polar surface area (TPSA) is 91.3 Å². The summed E-state index contributed by atoms with van der Waals surface area (Å²) in [4.78, 5) is 26.0. The van der Waals surface area contributed by atoms with Gasteiger partial charge in [-0.2, -0.15) is 0 Å².